The first-order valence-electron chi connectivity index (χ1n) is 6.69. The van der Waals surface area contributed by atoms with Gasteiger partial charge in [-0.1, -0.05) is 18.2 Å². The van der Waals surface area contributed by atoms with Crippen LogP contribution in [-0.2, 0) is 9.84 Å². The fourth-order valence-corrected chi connectivity index (χ4v) is 4.35. The number of hydrogen-bond acceptors (Lipinski definition) is 5. The normalized spacial score (nSPS) is 12.1. The van der Waals surface area contributed by atoms with Crippen molar-refractivity contribution in [2.24, 2.45) is 5.73 Å². The van der Waals surface area contributed by atoms with Crippen LogP contribution < -0.4 is 11.1 Å². The van der Waals surface area contributed by atoms with E-state index in [0.717, 1.165) is 11.3 Å². The largest absolute Gasteiger partial charge is 0.345 e. The van der Waals surface area contributed by atoms with Crippen molar-refractivity contribution >= 4 is 27.1 Å². The summed E-state index contributed by atoms with van der Waals surface area (Å²) >= 11 is 0.953. The van der Waals surface area contributed by atoms with Crippen LogP contribution in [0.5, 0.6) is 0 Å². The second kappa shape index (κ2) is 6.20. The van der Waals surface area contributed by atoms with Gasteiger partial charge in [-0.3, -0.25) is 4.79 Å². The fraction of sp³-hybridized carbons (Fsp3) is 0.267. The smallest absolute Gasteiger partial charge is 0.261 e. The van der Waals surface area contributed by atoms with Crippen LogP contribution in [0.25, 0.3) is 0 Å². The van der Waals surface area contributed by atoms with Gasteiger partial charge in [0.1, 0.15) is 4.21 Å². The van der Waals surface area contributed by atoms with Gasteiger partial charge in [-0.15, -0.1) is 11.3 Å². The highest BCUT2D eigenvalue weighted by molar-refractivity contribution is 7.93. The summed E-state index contributed by atoms with van der Waals surface area (Å²) in [4.78, 5) is 12.7. The van der Waals surface area contributed by atoms with Crippen molar-refractivity contribution in [2.75, 3.05) is 6.54 Å². The van der Waals surface area contributed by atoms with Gasteiger partial charge in [0.15, 0.2) is 0 Å². The summed E-state index contributed by atoms with van der Waals surface area (Å²) in [6.07, 6.45) is 0. The van der Waals surface area contributed by atoms with E-state index >= 15 is 0 Å². The van der Waals surface area contributed by atoms with E-state index in [1.54, 1.807) is 32.0 Å². The predicted molar refractivity (Wildman–Crippen MR) is 86.8 cm³/mol. The number of thiophene rings is 1. The third-order valence-corrected chi connectivity index (χ3v) is 6.43. The second-order valence-corrected chi connectivity index (χ2v) is 8.74. The molecule has 0 aliphatic carbocycles. The lowest BCUT2D eigenvalue weighted by molar-refractivity contribution is 0.0920. The molecule has 0 bridgehead atoms. The molecule has 0 aliphatic rings. The van der Waals surface area contributed by atoms with Crippen LogP contribution in [0.15, 0.2) is 51.6 Å². The number of carbonyl (C=O) groups excluding carboxylic acids is 1. The molecule has 0 aliphatic heterocycles. The number of hydrogen-bond donors (Lipinski definition) is 2. The molecule has 1 aromatic carbocycles. The zero-order chi connectivity index (χ0) is 16.4. The lowest BCUT2D eigenvalue weighted by Crippen LogP contribution is -2.48. The van der Waals surface area contributed by atoms with Crippen LogP contribution in [-0.4, -0.2) is 26.4 Å². The first-order chi connectivity index (χ1) is 10.3. The molecule has 1 aromatic heterocycles. The Labute approximate surface area is 134 Å². The van der Waals surface area contributed by atoms with E-state index in [-0.39, 0.29) is 15.0 Å². The zero-order valence-electron chi connectivity index (χ0n) is 12.4. The van der Waals surface area contributed by atoms with Crippen LogP contribution in [0.3, 0.4) is 0 Å². The van der Waals surface area contributed by atoms with E-state index in [1.807, 2.05) is 0 Å². The molecule has 0 atom stereocenters. The average Bonchev–Trinajstić information content (AvgIpc) is 2.98. The summed E-state index contributed by atoms with van der Waals surface area (Å²) in [5.74, 6) is -0.324. The minimum atomic E-state index is -3.59. The van der Waals surface area contributed by atoms with Crippen LogP contribution in [0.4, 0.5) is 0 Å². The van der Waals surface area contributed by atoms with Crippen LogP contribution in [0, 0.1) is 0 Å². The molecule has 3 N–H and O–H groups in total. The number of benzene rings is 1. The fourth-order valence-electron chi connectivity index (χ4n) is 1.72. The van der Waals surface area contributed by atoms with Crippen LogP contribution in [0.2, 0.25) is 0 Å². The maximum Gasteiger partial charge on any atom is 0.261 e. The Morgan fingerprint density at radius 3 is 2.41 bits per heavy atom. The van der Waals surface area contributed by atoms with Crippen molar-refractivity contribution in [3.05, 3.63) is 47.3 Å². The maximum atomic E-state index is 12.5. The lowest BCUT2D eigenvalue weighted by Gasteiger charge is -2.23. The van der Waals surface area contributed by atoms with Gasteiger partial charge in [0.05, 0.1) is 9.77 Å². The van der Waals surface area contributed by atoms with E-state index in [0.29, 0.717) is 11.4 Å². The first-order valence-corrected chi connectivity index (χ1v) is 8.99. The Balaban J connectivity index is 2.27. The van der Waals surface area contributed by atoms with Crippen molar-refractivity contribution in [3.8, 4) is 0 Å². The van der Waals surface area contributed by atoms with Gasteiger partial charge in [0.2, 0.25) is 9.84 Å². The molecule has 0 fully saturated rings. The Morgan fingerprint density at radius 2 is 1.82 bits per heavy atom. The highest BCUT2D eigenvalue weighted by Gasteiger charge is 2.24. The minimum absolute atomic E-state index is 0.148. The van der Waals surface area contributed by atoms with Gasteiger partial charge in [-0.25, -0.2) is 8.42 Å². The predicted octanol–water partition coefficient (Wildman–Crippen LogP) is 2.05. The van der Waals surface area contributed by atoms with Gasteiger partial charge < -0.3 is 11.1 Å². The zero-order valence-corrected chi connectivity index (χ0v) is 14.0. The summed E-state index contributed by atoms with van der Waals surface area (Å²) in [5, 5.41) is 2.78. The summed E-state index contributed by atoms with van der Waals surface area (Å²) in [7, 11) is -3.59. The number of sulfone groups is 1. The van der Waals surface area contributed by atoms with E-state index in [9.17, 15) is 13.2 Å². The van der Waals surface area contributed by atoms with E-state index < -0.39 is 15.4 Å². The third kappa shape index (κ3) is 3.55. The lowest BCUT2D eigenvalue weighted by atomic mass is 10.1. The molecular formula is C15H18N2O3S2. The van der Waals surface area contributed by atoms with Crippen molar-refractivity contribution in [2.45, 2.75) is 28.5 Å². The molecule has 0 spiro atoms. The molecule has 0 saturated carbocycles. The van der Waals surface area contributed by atoms with Gasteiger partial charge in [-0.2, -0.15) is 0 Å². The number of amides is 1. The highest BCUT2D eigenvalue weighted by Crippen LogP contribution is 2.27. The molecular weight excluding hydrogens is 320 g/mol. The Hall–Kier alpha value is -1.70. The molecule has 1 heterocycles. The Morgan fingerprint density at radius 1 is 1.18 bits per heavy atom. The molecule has 22 heavy (non-hydrogen) atoms. The quantitative estimate of drug-likeness (QED) is 0.873. The molecule has 0 radical (unpaired) electrons. The van der Waals surface area contributed by atoms with Gasteiger partial charge in [0.25, 0.3) is 5.91 Å². The second-order valence-electron chi connectivity index (χ2n) is 5.48. The molecule has 5 nitrogen and oxygen atoms in total. The molecule has 118 valence electrons. The average molecular weight is 338 g/mol. The highest BCUT2D eigenvalue weighted by atomic mass is 32.2. The molecule has 0 saturated heterocycles. The molecule has 7 heteroatoms. The summed E-state index contributed by atoms with van der Waals surface area (Å²) < 4.78 is 25.1. The number of rotatable bonds is 5. The monoisotopic (exact) mass is 338 g/mol. The van der Waals surface area contributed by atoms with Crippen molar-refractivity contribution in [1.29, 1.82) is 0 Å². The van der Waals surface area contributed by atoms with Gasteiger partial charge >= 0.3 is 0 Å². The van der Waals surface area contributed by atoms with Crippen molar-refractivity contribution in [1.82, 2.24) is 5.32 Å². The summed E-state index contributed by atoms with van der Waals surface area (Å²) in [6.45, 7) is 3.90. The SMILES string of the molecule is CC(C)(CN)NC(=O)c1ccc(S(=O)(=O)c2ccccc2)s1. The summed E-state index contributed by atoms with van der Waals surface area (Å²) in [6, 6.07) is 11.1. The van der Waals surface area contributed by atoms with Crippen molar-refractivity contribution in [3.63, 3.8) is 0 Å². The topological polar surface area (TPSA) is 89.3 Å². The minimum Gasteiger partial charge on any atom is -0.345 e. The van der Waals surface area contributed by atoms with Gasteiger partial charge in [-0.05, 0) is 38.1 Å². The number of carbonyl (C=O) groups is 1. The molecule has 1 amide bonds. The maximum absolute atomic E-state index is 12.5. The molecule has 0 unspecified atom stereocenters. The number of nitrogens with two attached hydrogens (primary N) is 1. The Kier molecular flexibility index (Phi) is 4.69. The molecule has 2 rings (SSSR count). The molecule has 2 aromatic rings. The van der Waals surface area contributed by atoms with E-state index in [2.05, 4.69) is 5.32 Å². The van der Waals surface area contributed by atoms with Gasteiger partial charge in [0, 0.05) is 12.1 Å². The van der Waals surface area contributed by atoms with Crippen molar-refractivity contribution < 1.29 is 13.2 Å². The first kappa shape index (κ1) is 16.7. The Bertz CT molecular complexity index is 765. The van der Waals surface area contributed by atoms with E-state index in [4.69, 9.17) is 5.73 Å². The third-order valence-electron chi connectivity index (χ3n) is 3.09. The standard InChI is InChI=1S/C15H18N2O3S2/c1-15(2,10-16)17-14(18)12-8-9-13(21-12)22(19,20)11-6-4-3-5-7-11/h3-9H,10,16H2,1-2H3,(H,17,18). The number of nitrogens with one attached hydrogen (secondary N) is 1. The van der Waals surface area contributed by atoms with Crippen LogP contribution >= 0.6 is 11.3 Å². The van der Waals surface area contributed by atoms with E-state index in [1.165, 1.54) is 24.3 Å². The van der Waals surface area contributed by atoms with Crippen LogP contribution in [0.1, 0.15) is 23.5 Å². The summed E-state index contributed by atoms with van der Waals surface area (Å²) in [5.41, 5.74) is 5.03.